The number of carbonyl (C=O) groups is 2. The maximum absolute atomic E-state index is 13.9. The van der Waals surface area contributed by atoms with Crippen LogP contribution in [-0.2, 0) is 9.53 Å². The van der Waals surface area contributed by atoms with Crippen LogP contribution in [0.5, 0.6) is 11.5 Å². The van der Waals surface area contributed by atoms with Crippen LogP contribution in [0.1, 0.15) is 47.1 Å². The van der Waals surface area contributed by atoms with Gasteiger partial charge in [0.2, 0.25) is 6.79 Å². The van der Waals surface area contributed by atoms with Crippen molar-refractivity contribution in [2.45, 2.75) is 26.8 Å². The first-order chi connectivity index (χ1) is 19.8. The number of ether oxygens (including phenoxy) is 3. The Hall–Kier alpha value is -4.90. The van der Waals surface area contributed by atoms with E-state index >= 15 is 0 Å². The number of allylic oxidation sites excluding steroid dienone is 1. The largest absolute Gasteiger partial charge is 0.478 e. The number of carbonyl (C=O) groups excluding carboxylic acids is 1. The van der Waals surface area contributed by atoms with Crippen LogP contribution in [0.3, 0.4) is 0 Å². The highest BCUT2D eigenvalue weighted by atomic mass is 32.1. The fourth-order valence-corrected chi connectivity index (χ4v) is 6.06. The van der Waals surface area contributed by atoms with Gasteiger partial charge in [0.1, 0.15) is 11.5 Å². The Bertz CT molecular complexity index is 1940. The van der Waals surface area contributed by atoms with Crippen LogP contribution in [0.2, 0.25) is 0 Å². The predicted molar refractivity (Wildman–Crippen MR) is 149 cm³/mol. The molecular formula is C30H24N2O8S. The summed E-state index contributed by atoms with van der Waals surface area (Å²) in [6.45, 7) is 5.42. The lowest BCUT2D eigenvalue weighted by molar-refractivity contribution is -0.139. The van der Waals surface area contributed by atoms with Crippen molar-refractivity contribution in [1.29, 1.82) is 0 Å². The highest BCUT2D eigenvalue weighted by Gasteiger charge is 2.34. The summed E-state index contributed by atoms with van der Waals surface area (Å²) in [5.41, 5.74) is 2.41. The number of aromatic nitrogens is 1. The van der Waals surface area contributed by atoms with Crippen molar-refractivity contribution < 1.29 is 33.3 Å². The van der Waals surface area contributed by atoms with Crippen LogP contribution >= 0.6 is 11.3 Å². The molecule has 1 atom stereocenters. The van der Waals surface area contributed by atoms with E-state index in [1.54, 1.807) is 69.3 Å². The van der Waals surface area contributed by atoms with E-state index in [0.29, 0.717) is 54.7 Å². The minimum absolute atomic E-state index is 0.0897. The molecule has 1 N–H and O–H groups in total. The molecule has 0 radical (unpaired) electrons. The molecule has 2 aromatic carbocycles. The zero-order chi connectivity index (χ0) is 28.8. The number of furan rings is 1. The number of carboxylic acid groups (broad SMARTS) is 1. The molecular weight excluding hydrogens is 548 g/mol. The Labute approximate surface area is 237 Å². The lowest BCUT2D eigenvalue weighted by Crippen LogP contribution is -2.39. The van der Waals surface area contributed by atoms with E-state index < -0.39 is 18.0 Å². The van der Waals surface area contributed by atoms with Crippen LogP contribution in [0.25, 0.3) is 17.4 Å². The van der Waals surface area contributed by atoms with Crippen molar-refractivity contribution in [3.63, 3.8) is 0 Å². The monoisotopic (exact) mass is 572 g/mol. The lowest BCUT2D eigenvalue weighted by Gasteiger charge is -2.24. The van der Waals surface area contributed by atoms with Crippen molar-refractivity contribution in [3.05, 3.63) is 102 Å². The van der Waals surface area contributed by atoms with E-state index in [1.807, 2.05) is 0 Å². The molecule has 2 aliphatic heterocycles. The molecule has 41 heavy (non-hydrogen) atoms. The normalized spacial score (nSPS) is 16.0. The van der Waals surface area contributed by atoms with Gasteiger partial charge in [-0.2, -0.15) is 0 Å². The van der Waals surface area contributed by atoms with Gasteiger partial charge in [-0.25, -0.2) is 14.6 Å². The van der Waals surface area contributed by atoms with Crippen molar-refractivity contribution in [1.82, 2.24) is 4.57 Å². The molecule has 0 fully saturated rings. The van der Waals surface area contributed by atoms with Crippen molar-refractivity contribution in [2.24, 2.45) is 4.99 Å². The quantitative estimate of drug-likeness (QED) is 0.346. The number of benzene rings is 2. The molecule has 4 heterocycles. The van der Waals surface area contributed by atoms with Gasteiger partial charge in [0, 0.05) is 11.6 Å². The summed E-state index contributed by atoms with van der Waals surface area (Å²) in [6.07, 6.45) is 1.61. The molecule has 6 rings (SSSR count). The van der Waals surface area contributed by atoms with Gasteiger partial charge in [-0.1, -0.05) is 29.5 Å². The molecule has 10 nitrogen and oxygen atoms in total. The number of rotatable bonds is 6. The summed E-state index contributed by atoms with van der Waals surface area (Å²) in [6, 6.07) is 12.9. The number of fused-ring (bicyclic) bond motifs is 2. The number of esters is 1. The third-order valence-corrected chi connectivity index (χ3v) is 7.94. The number of thiazole rings is 1. The fraction of sp³-hybridized carbons (Fsp3) is 0.200. The molecule has 11 heteroatoms. The highest BCUT2D eigenvalue weighted by Crippen LogP contribution is 2.38. The molecule has 2 aromatic heterocycles. The number of hydrogen-bond acceptors (Lipinski definition) is 9. The first-order valence-electron chi connectivity index (χ1n) is 12.8. The smallest absolute Gasteiger partial charge is 0.338 e. The molecule has 208 valence electrons. The van der Waals surface area contributed by atoms with Gasteiger partial charge in [0.15, 0.2) is 16.3 Å². The topological polar surface area (TPSA) is 130 Å². The van der Waals surface area contributed by atoms with Crippen molar-refractivity contribution in [3.8, 4) is 22.8 Å². The summed E-state index contributed by atoms with van der Waals surface area (Å²) >= 11 is 1.17. The third kappa shape index (κ3) is 4.53. The Morgan fingerprint density at radius 1 is 1.15 bits per heavy atom. The Morgan fingerprint density at radius 3 is 2.73 bits per heavy atom. The van der Waals surface area contributed by atoms with Crippen LogP contribution in [0.4, 0.5) is 0 Å². The molecule has 0 unspecified atom stereocenters. The molecule has 0 aliphatic carbocycles. The Kier molecular flexibility index (Phi) is 6.58. The van der Waals surface area contributed by atoms with E-state index in [9.17, 15) is 19.5 Å². The van der Waals surface area contributed by atoms with Crippen LogP contribution in [0.15, 0.2) is 74.0 Å². The summed E-state index contributed by atoms with van der Waals surface area (Å²) < 4.78 is 24.2. The van der Waals surface area contributed by atoms with Crippen LogP contribution in [-0.4, -0.2) is 35.0 Å². The first kappa shape index (κ1) is 26.3. The van der Waals surface area contributed by atoms with E-state index in [1.165, 1.54) is 22.0 Å². The maximum Gasteiger partial charge on any atom is 0.338 e. The minimum Gasteiger partial charge on any atom is -0.478 e. The van der Waals surface area contributed by atoms with Gasteiger partial charge in [-0.15, -0.1) is 0 Å². The summed E-state index contributed by atoms with van der Waals surface area (Å²) in [4.78, 5) is 43.6. The second kappa shape index (κ2) is 10.3. The highest BCUT2D eigenvalue weighted by molar-refractivity contribution is 7.07. The van der Waals surface area contributed by atoms with Crippen LogP contribution < -0.4 is 24.4 Å². The molecule has 2 aliphatic rings. The number of hydrogen-bond donors (Lipinski definition) is 1. The molecule has 4 aromatic rings. The van der Waals surface area contributed by atoms with E-state index in [-0.39, 0.29) is 30.1 Å². The van der Waals surface area contributed by atoms with Gasteiger partial charge in [0.25, 0.3) is 5.56 Å². The van der Waals surface area contributed by atoms with Gasteiger partial charge in [-0.3, -0.25) is 9.36 Å². The molecule has 0 bridgehead atoms. The molecule has 0 spiro atoms. The number of nitrogens with zero attached hydrogens (tertiary/aromatic N) is 2. The van der Waals surface area contributed by atoms with Gasteiger partial charge in [0.05, 0.1) is 34.0 Å². The average molecular weight is 573 g/mol. The lowest BCUT2D eigenvalue weighted by atomic mass is 9.95. The fourth-order valence-electron chi connectivity index (χ4n) is 5.03. The van der Waals surface area contributed by atoms with Crippen molar-refractivity contribution in [2.75, 3.05) is 13.4 Å². The minimum atomic E-state index is -1.02. The summed E-state index contributed by atoms with van der Waals surface area (Å²) in [7, 11) is 0. The summed E-state index contributed by atoms with van der Waals surface area (Å²) in [5, 5.41) is 9.47. The molecule has 0 saturated heterocycles. The molecule has 0 amide bonds. The zero-order valence-electron chi connectivity index (χ0n) is 22.3. The molecule has 0 saturated carbocycles. The zero-order valence-corrected chi connectivity index (χ0v) is 23.1. The second-order valence-corrected chi connectivity index (χ2v) is 10.4. The Balaban J connectivity index is 1.47. The SMILES string of the molecule is CCOC(=O)C1=C(C)N=c2s/c(=C\c3ccc(-c4cccc(C(=O)O)c4C)o3)c(=O)n2[C@@H]1c1ccc2c(c1)OCO2. The second-order valence-electron chi connectivity index (χ2n) is 9.40. The van der Waals surface area contributed by atoms with E-state index in [0.717, 1.165) is 0 Å². The van der Waals surface area contributed by atoms with Crippen molar-refractivity contribution >= 4 is 29.4 Å². The van der Waals surface area contributed by atoms with Gasteiger partial charge < -0.3 is 23.7 Å². The summed E-state index contributed by atoms with van der Waals surface area (Å²) in [5.74, 6) is 0.409. The first-order valence-corrected chi connectivity index (χ1v) is 13.6. The average Bonchev–Trinajstić information content (AvgIpc) is 3.67. The van der Waals surface area contributed by atoms with Gasteiger partial charge >= 0.3 is 11.9 Å². The number of aromatic carboxylic acids is 1. The predicted octanol–water partition coefficient (Wildman–Crippen LogP) is 3.79. The van der Waals surface area contributed by atoms with E-state index in [4.69, 9.17) is 18.6 Å². The third-order valence-electron chi connectivity index (χ3n) is 6.96. The number of carboxylic acids is 1. The Morgan fingerprint density at radius 2 is 1.95 bits per heavy atom. The maximum atomic E-state index is 13.9. The standard InChI is InChI=1S/C30H24N2O8S/c1-4-37-29(36)25-16(3)31-30-32(26(25)17-8-10-22-23(12-17)39-14-38-22)27(33)24(41-30)13-18-9-11-21(40-18)19-6-5-7-20(15(19)2)28(34)35/h5-13,26H,4,14H2,1-3H3,(H,34,35)/b24-13-/t26-/m1/s1. The van der Waals surface area contributed by atoms with Crippen LogP contribution in [0, 0.1) is 6.92 Å². The van der Waals surface area contributed by atoms with E-state index in [2.05, 4.69) is 4.99 Å². The van der Waals surface area contributed by atoms with Gasteiger partial charge in [-0.05, 0) is 62.2 Å².